The minimum Gasteiger partial charge on any atom is -0.377 e. The topological polar surface area (TPSA) is 120 Å². The summed E-state index contributed by atoms with van der Waals surface area (Å²) in [6.07, 6.45) is 2.84. The number of rotatable bonds is 15. The predicted octanol–water partition coefficient (Wildman–Crippen LogP) is -0.0463. The van der Waals surface area contributed by atoms with Gasteiger partial charge in [0.05, 0.1) is 19.8 Å². The van der Waals surface area contributed by atoms with E-state index in [1.165, 1.54) is 0 Å². The molecule has 8 nitrogen and oxygen atoms in total. The van der Waals surface area contributed by atoms with Gasteiger partial charge in [0.15, 0.2) is 0 Å². The summed E-state index contributed by atoms with van der Waals surface area (Å²) < 4.78 is 10.4. The van der Waals surface area contributed by atoms with Crippen LogP contribution >= 0.6 is 0 Å². The Morgan fingerprint density at radius 1 is 0.958 bits per heavy atom. The molecule has 0 unspecified atom stereocenters. The van der Waals surface area contributed by atoms with Crippen LogP contribution in [-0.4, -0.2) is 57.2 Å². The highest BCUT2D eigenvalue weighted by Crippen LogP contribution is 2.05. The molecule has 0 bridgehead atoms. The Hall–Kier alpha value is -1.67. The molecule has 0 aromatic rings. The van der Waals surface area contributed by atoms with E-state index >= 15 is 0 Å². The number of amides is 3. The fourth-order valence-corrected chi connectivity index (χ4v) is 1.77. The van der Waals surface area contributed by atoms with Gasteiger partial charge in [-0.15, -0.1) is 0 Å². The molecular weight excluding hydrogens is 314 g/mol. The van der Waals surface area contributed by atoms with Gasteiger partial charge in [-0.05, 0) is 12.8 Å². The van der Waals surface area contributed by atoms with E-state index in [0.29, 0.717) is 39.3 Å². The molecule has 0 heterocycles. The average molecular weight is 345 g/mol. The first-order chi connectivity index (χ1) is 11.5. The first kappa shape index (κ1) is 22.3. The van der Waals surface area contributed by atoms with Crippen LogP contribution in [0.25, 0.3) is 0 Å². The summed E-state index contributed by atoms with van der Waals surface area (Å²) in [5.41, 5.74) is 5.17. The second-order valence-corrected chi connectivity index (χ2v) is 5.52. The Morgan fingerprint density at radius 3 is 2.29 bits per heavy atom. The molecule has 0 saturated heterocycles. The van der Waals surface area contributed by atoms with Crippen molar-refractivity contribution >= 4 is 17.7 Å². The number of hydrogen-bond acceptors (Lipinski definition) is 5. The molecule has 4 N–H and O–H groups in total. The van der Waals surface area contributed by atoms with E-state index in [0.717, 1.165) is 19.3 Å². The third-order valence-corrected chi connectivity index (χ3v) is 3.37. The van der Waals surface area contributed by atoms with Crippen LogP contribution in [0.3, 0.4) is 0 Å². The lowest BCUT2D eigenvalue weighted by molar-refractivity contribution is -0.126. The lowest BCUT2D eigenvalue weighted by atomic mass is 10.0. The maximum absolute atomic E-state index is 11.5. The van der Waals surface area contributed by atoms with Crippen molar-refractivity contribution in [2.24, 2.45) is 11.7 Å². The minimum absolute atomic E-state index is 0.00407. The number of ether oxygens (including phenoxy) is 2. The molecule has 8 heteroatoms. The van der Waals surface area contributed by atoms with E-state index in [2.05, 4.69) is 10.6 Å². The van der Waals surface area contributed by atoms with Gasteiger partial charge < -0.3 is 25.8 Å². The molecular formula is C16H31N3O5. The highest BCUT2D eigenvalue weighted by Gasteiger charge is 2.07. The third-order valence-electron chi connectivity index (χ3n) is 3.37. The van der Waals surface area contributed by atoms with Gasteiger partial charge in [-0.2, -0.15) is 0 Å². The zero-order chi connectivity index (χ0) is 18.2. The summed E-state index contributed by atoms with van der Waals surface area (Å²) in [6.45, 7) is 5.73. The molecule has 0 rings (SSSR count). The summed E-state index contributed by atoms with van der Waals surface area (Å²) >= 11 is 0. The maximum Gasteiger partial charge on any atom is 0.245 e. The van der Waals surface area contributed by atoms with Gasteiger partial charge in [-0.3, -0.25) is 14.4 Å². The molecule has 3 amide bonds. The SMILES string of the molecule is CCC(=O)NCCOCCOCC(=O)NCCCC[C@H](C)C(N)=O. The van der Waals surface area contributed by atoms with Crippen LogP contribution in [0.15, 0.2) is 0 Å². The Balaban J connectivity index is 3.32. The molecule has 0 aliphatic heterocycles. The number of carbonyl (C=O) groups is 3. The lowest BCUT2D eigenvalue weighted by Gasteiger charge is -2.08. The van der Waals surface area contributed by atoms with Crippen LogP contribution in [-0.2, 0) is 23.9 Å². The largest absolute Gasteiger partial charge is 0.377 e. The molecule has 0 aromatic heterocycles. The first-order valence-electron chi connectivity index (χ1n) is 8.45. The second kappa shape index (κ2) is 14.9. The van der Waals surface area contributed by atoms with Gasteiger partial charge in [-0.25, -0.2) is 0 Å². The summed E-state index contributed by atoms with van der Waals surface area (Å²) in [4.78, 5) is 33.3. The zero-order valence-corrected chi connectivity index (χ0v) is 14.8. The van der Waals surface area contributed by atoms with Crippen LogP contribution in [0.2, 0.25) is 0 Å². The lowest BCUT2D eigenvalue weighted by Crippen LogP contribution is -2.29. The number of unbranched alkanes of at least 4 members (excludes halogenated alkanes) is 1. The first-order valence-corrected chi connectivity index (χ1v) is 8.45. The number of hydrogen-bond donors (Lipinski definition) is 3. The van der Waals surface area contributed by atoms with Gasteiger partial charge in [0.1, 0.15) is 6.61 Å². The molecule has 1 atom stereocenters. The molecule has 0 aliphatic carbocycles. The Kier molecular flexibility index (Phi) is 13.9. The molecule has 0 radical (unpaired) electrons. The van der Waals surface area contributed by atoms with Gasteiger partial charge >= 0.3 is 0 Å². The fourth-order valence-electron chi connectivity index (χ4n) is 1.77. The summed E-state index contributed by atoms with van der Waals surface area (Å²) in [5, 5.41) is 5.44. The number of primary amides is 1. The van der Waals surface area contributed by atoms with E-state index in [1.807, 2.05) is 0 Å². The van der Waals surface area contributed by atoms with E-state index in [1.54, 1.807) is 13.8 Å². The van der Waals surface area contributed by atoms with E-state index in [-0.39, 0.29) is 30.2 Å². The van der Waals surface area contributed by atoms with E-state index in [9.17, 15) is 14.4 Å². The summed E-state index contributed by atoms with van der Waals surface area (Å²) in [6, 6.07) is 0. The second-order valence-electron chi connectivity index (χ2n) is 5.52. The van der Waals surface area contributed by atoms with Gasteiger partial charge in [-0.1, -0.05) is 20.3 Å². The Bertz CT molecular complexity index is 377. The summed E-state index contributed by atoms with van der Waals surface area (Å²) in [5.74, 6) is -0.592. The van der Waals surface area contributed by atoms with Crippen molar-refractivity contribution < 1.29 is 23.9 Å². The van der Waals surface area contributed by atoms with Crippen molar-refractivity contribution in [3.05, 3.63) is 0 Å². The fraction of sp³-hybridized carbons (Fsp3) is 0.812. The zero-order valence-electron chi connectivity index (χ0n) is 14.8. The highest BCUT2D eigenvalue weighted by atomic mass is 16.5. The number of nitrogens with two attached hydrogens (primary N) is 1. The van der Waals surface area contributed by atoms with Crippen LogP contribution in [0.5, 0.6) is 0 Å². The van der Waals surface area contributed by atoms with Crippen molar-refractivity contribution in [3.8, 4) is 0 Å². The van der Waals surface area contributed by atoms with Crippen LogP contribution in [0.1, 0.15) is 39.5 Å². The van der Waals surface area contributed by atoms with Crippen molar-refractivity contribution in [1.82, 2.24) is 10.6 Å². The van der Waals surface area contributed by atoms with Gasteiger partial charge in [0, 0.05) is 25.4 Å². The standard InChI is InChI=1S/C16H31N3O5/c1-3-14(20)19-8-9-23-10-11-24-12-15(21)18-7-5-4-6-13(2)16(17)22/h13H,3-12H2,1-2H3,(H2,17,22)(H,18,21)(H,19,20)/t13-/m0/s1. The normalized spacial score (nSPS) is 11.8. The minimum atomic E-state index is -0.289. The van der Waals surface area contributed by atoms with Gasteiger partial charge in [0.2, 0.25) is 17.7 Å². The Morgan fingerprint density at radius 2 is 1.62 bits per heavy atom. The molecule has 24 heavy (non-hydrogen) atoms. The number of nitrogens with one attached hydrogen (secondary N) is 2. The summed E-state index contributed by atoms with van der Waals surface area (Å²) in [7, 11) is 0. The average Bonchev–Trinajstić information content (AvgIpc) is 2.56. The van der Waals surface area contributed by atoms with Crippen LogP contribution in [0.4, 0.5) is 0 Å². The van der Waals surface area contributed by atoms with Crippen LogP contribution < -0.4 is 16.4 Å². The quantitative estimate of drug-likeness (QED) is 0.360. The van der Waals surface area contributed by atoms with Crippen molar-refractivity contribution in [2.45, 2.75) is 39.5 Å². The monoisotopic (exact) mass is 345 g/mol. The van der Waals surface area contributed by atoms with Crippen molar-refractivity contribution in [1.29, 1.82) is 0 Å². The van der Waals surface area contributed by atoms with E-state index < -0.39 is 0 Å². The molecule has 0 saturated carbocycles. The van der Waals surface area contributed by atoms with Gasteiger partial charge in [0.25, 0.3) is 0 Å². The molecule has 0 fully saturated rings. The smallest absolute Gasteiger partial charge is 0.245 e. The van der Waals surface area contributed by atoms with Crippen molar-refractivity contribution in [2.75, 3.05) is 39.5 Å². The third kappa shape index (κ3) is 14.0. The van der Waals surface area contributed by atoms with Crippen LogP contribution in [0, 0.1) is 5.92 Å². The van der Waals surface area contributed by atoms with E-state index in [4.69, 9.17) is 15.2 Å². The maximum atomic E-state index is 11.5. The Labute approximate surface area is 143 Å². The molecule has 0 spiro atoms. The van der Waals surface area contributed by atoms with Crippen molar-refractivity contribution in [3.63, 3.8) is 0 Å². The molecule has 140 valence electrons. The predicted molar refractivity (Wildman–Crippen MR) is 90.2 cm³/mol. The molecule has 0 aromatic carbocycles. The highest BCUT2D eigenvalue weighted by molar-refractivity contribution is 5.77. The molecule has 0 aliphatic rings. The number of carbonyl (C=O) groups excluding carboxylic acids is 3.